The van der Waals surface area contributed by atoms with Crippen molar-refractivity contribution in [2.24, 2.45) is 29.4 Å². The zero-order chi connectivity index (χ0) is 94.1. The summed E-state index contributed by atoms with van der Waals surface area (Å²) in [5.41, 5.74) is 9.38. The minimum atomic E-state index is -1.57. The summed E-state index contributed by atoms with van der Waals surface area (Å²) in [4.78, 5) is 244. The third-order valence-corrected chi connectivity index (χ3v) is 24.0. The highest BCUT2D eigenvalue weighted by Gasteiger charge is 2.42. The number of benzene rings is 6. The number of thioether (sulfide) groups is 1. The Morgan fingerprint density at radius 2 is 0.992 bits per heavy atom. The number of amides is 12. The molecule has 33 heteroatoms. The van der Waals surface area contributed by atoms with Crippen LogP contribution in [-0.2, 0) is 120 Å². The van der Waals surface area contributed by atoms with Gasteiger partial charge in [0, 0.05) is 128 Å². The zero-order valence-electron chi connectivity index (χ0n) is 74.7. The largest absolute Gasteiger partial charge is 0.508 e. The van der Waals surface area contributed by atoms with Crippen LogP contribution in [0, 0.1) is 23.7 Å². The van der Waals surface area contributed by atoms with Crippen molar-refractivity contribution >= 4 is 117 Å². The van der Waals surface area contributed by atoms with Crippen LogP contribution in [0.2, 0.25) is 0 Å². The van der Waals surface area contributed by atoms with Crippen molar-refractivity contribution in [3.05, 3.63) is 203 Å². The number of fused-ring (bicyclic) bond motifs is 1. The number of rotatable bonds is 25. The summed E-state index contributed by atoms with van der Waals surface area (Å²) >= 11 is 0.882. The quantitative estimate of drug-likeness (QED) is 0.0318. The second-order valence-corrected chi connectivity index (χ2v) is 34.8. The number of primary amides is 1. The van der Waals surface area contributed by atoms with Gasteiger partial charge in [-0.25, -0.2) is 0 Å². The van der Waals surface area contributed by atoms with Gasteiger partial charge in [-0.2, -0.15) is 0 Å². The van der Waals surface area contributed by atoms with E-state index in [4.69, 9.17) is 10.5 Å². The summed E-state index contributed by atoms with van der Waals surface area (Å²) in [6.45, 7) is 6.88. The van der Waals surface area contributed by atoms with E-state index in [0.29, 0.717) is 57.1 Å². The maximum atomic E-state index is 15.6. The van der Waals surface area contributed by atoms with Crippen molar-refractivity contribution in [1.82, 2.24) is 61.4 Å². The number of nitrogens with zero attached hydrogens (tertiary/aromatic N) is 5. The van der Waals surface area contributed by atoms with Gasteiger partial charge in [-0.05, 0) is 94.5 Å². The molecule has 690 valence electrons. The molecule has 1 aliphatic rings. The Labute approximate surface area is 756 Å². The van der Waals surface area contributed by atoms with Crippen LogP contribution in [0.15, 0.2) is 170 Å². The molecule has 1 fully saturated rings. The van der Waals surface area contributed by atoms with Crippen molar-refractivity contribution in [2.75, 3.05) is 66.4 Å². The lowest BCUT2D eigenvalue weighted by Gasteiger charge is -2.37. The molecule has 0 aliphatic carbocycles. The minimum absolute atomic E-state index is 0.0632. The molecule has 0 bridgehead atoms. The maximum Gasteiger partial charge on any atom is 0.293 e. The Morgan fingerprint density at radius 1 is 0.496 bits per heavy atom. The number of carbonyl (C=O) groups excluding carboxylic acids is 16. The van der Waals surface area contributed by atoms with Gasteiger partial charge in [0.05, 0.1) is 30.8 Å². The number of likely N-dealkylation sites (N-methyl/N-ethyl adjacent to an activating group) is 5. The van der Waals surface area contributed by atoms with Crippen LogP contribution in [0.4, 0.5) is 0 Å². The minimum Gasteiger partial charge on any atom is -0.508 e. The topological polar surface area (TPSA) is 453 Å². The first-order valence-corrected chi connectivity index (χ1v) is 44.5. The Hall–Kier alpha value is -13.1. The summed E-state index contributed by atoms with van der Waals surface area (Å²) in [5.74, 6) is -16.3. The van der Waals surface area contributed by atoms with Crippen LogP contribution in [0.5, 0.6) is 11.5 Å². The predicted molar refractivity (Wildman–Crippen MR) is 485 cm³/mol. The predicted octanol–water partition coefficient (Wildman–Crippen LogP) is 5.44. The molecule has 0 saturated carbocycles. The number of ketones is 3. The number of carbonyl (C=O) groups is 16. The van der Waals surface area contributed by atoms with Gasteiger partial charge in [-0.1, -0.05) is 175 Å². The number of Topliss-reactive ketones (excluding diaryl/α,β-unsaturated/α-hetero) is 3. The number of unbranched alkanes of at least 4 members (excludes halogenated alkanes) is 1. The number of phenols is 2. The lowest BCUT2D eigenvalue weighted by molar-refractivity contribution is -0.151. The van der Waals surface area contributed by atoms with Crippen molar-refractivity contribution < 1.29 is 91.7 Å². The van der Waals surface area contributed by atoms with Crippen molar-refractivity contribution in [3.8, 4) is 11.5 Å². The smallest absolute Gasteiger partial charge is 0.293 e. The van der Waals surface area contributed by atoms with Crippen LogP contribution in [-0.4, -0.2) is 255 Å². The molecule has 0 unspecified atom stereocenters. The van der Waals surface area contributed by atoms with E-state index in [1.54, 1.807) is 149 Å². The highest BCUT2D eigenvalue weighted by atomic mass is 32.2. The van der Waals surface area contributed by atoms with E-state index in [9.17, 15) is 43.8 Å². The Balaban J connectivity index is 1.21. The highest BCUT2D eigenvalue weighted by molar-refractivity contribution is 8.00. The molecule has 0 spiro atoms. The highest BCUT2D eigenvalue weighted by Crippen LogP contribution is 2.28. The Kier molecular flexibility index (Phi) is 39.2. The third kappa shape index (κ3) is 30.9. The van der Waals surface area contributed by atoms with Gasteiger partial charge in [0.25, 0.3) is 6.47 Å². The van der Waals surface area contributed by atoms with E-state index < -0.39 is 211 Å². The van der Waals surface area contributed by atoms with Crippen LogP contribution in [0.3, 0.4) is 0 Å². The molecule has 8 rings (SSSR count). The normalized spacial score (nSPS) is 22.0. The molecule has 129 heavy (non-hydrogen) atoms. The summed E-state index contributed by atoms with van der Waals surface area (Å²) in [7, 11) is 6.82. The van der Waals surface area contributed by atoms with Gasteiger partial charge in [0.2, 0.25) is 70.9 Å². The lowest BCUT2D eigenvalue weighted by Crippen LogP contribution is -2.59. The zero-order valence-corrected chi connectivity index (χ0v) is 75.6. The number of hydrogen-bond acceptors (Lipinski definition) is 20. The number of aromatic amines is 1. The number of nitrogens with one attached hydrogen (secondary N) is 7. The number of aromatic nitrogens is 1. The second-order valence-electron chi connectivity index (χ2n) is 33.7. The number of H-pyrrole nitrogens is 1. The molecule has 11 atom stereocenters. The monoisotopic (exact) mass is 1790 g/mol. The van der Waals surface area contributed by atoms with Gasteiger partial charge in [-0.15, -0.1) is 11.8 Å². The van der Waals surface area contributed by atoms with Gasteiger partial charge in [0.1, 0.15) is 72.2 Å². The van der Waals surface area contributed by atoms with E-state index in [0.717, 1.165) is 26.5 Å². The molecule has 1 aliphatic heterocycles. The first kappa shape index (κ1) is 101. The number of ether oxygens (including phenoxy) is 1. The fourth-order valence-electron chi connectivity index (χ4n) is 15.6. The van der Waals surface area contributed by atoms with Crippen molar-refractivity contribution in [1.29, 1.82) is 0 Å². The van der Waals surface area contributed by atoms with E-state index in [2.05, 4.69) is 36.9 Å². The SMILES string of the molecule is CCCC[C@H]1C(=O)N(C)CC(=O)C[C@@H](COC=O)C(=O)C[C@@H](C(C)C)C(=O)N(C)[C@@H](Cc2ccccc2)C(=O)N[C@@H](Cc2ccc(O)cc2)C(=O)N(C)CC(=O)N[C@@H](Cc2cccc3[nH]ccc23)C(=O)N[C@@H](Cc2ccc(O)cc2)C(=O)N[C@@H](CC(C)C)C(=O)N[C@H](C(=O)CCC(N)=O)CSCC(=O)N[C@@H](Cc2ccccc2)C(=O)N(C)[C@@H](Cc2ccccc2)C(=O)N1C. The van der Waals surface area contributed by atoms with Crippen molar-refractivity contribution in [3.63, 3.8) is 0 Å². The third-order valence-electron chi connectivity index (χ3n) is 22.9. The molecule has 7 aromatic rings. The molecular formula is C96H121N13O19S. The number of hydrogen-bond donors (Lipinski definition) is 10. The van der Waals surface area contributed by atoms with Crippen LogP contribution < -0.4 is 37.6 Å². The fourth-order valence-corrected chi connectivity index (χ4v) is 16.5. The van der Waals surface area contributed by atoms with E-state index in [1.165, 1.54) is 93.6 Å². The number of aromatic hydroxyl groups is 2. The molecule has 1 saturated heterocycles. The van der Waals surface area contributed by atoms with Gasteiger partial charge < -0.3 is 82.1 Å². The first-order valence-electron chi connectivity index (χ1n) is 43.3. The number of phenolic OH excluding ortho intramolecular Hbond substituents is 2. The second kappa shape index (κ2) is 49.9. The molecule has 6 aromatic carbocycles. The average Bonchev–Trinajstić information content (AvgIpc) is 1.80. The maximum absolute atomic E-state index is 15.6. The Morgan fingerprint density at radius 3 is 1.55 bits per heavy atom. The van der Waals surface area contributed by atoms with E-state index >= 15 is 43.2 Å². The molecular weight excluding hydrogens is 1670 g/mol. The van der Waals surface area contributed by atoms with E-state index in [-0.39, 0.29) is 81.0 Å². The molecule has 32 nitrogen and oxygen atoms in total. The number of nitrogens with two attached hydrogens (primary N) is 1. The summed E-state index contributed by atoms with van der Waals surface area (Å²) in [6.07, 6.45) is -0.460. The molecule has 2 heterocycles. The van der Waals surface area contributed by atoms with Crippen LogP contribution in [0.25, 0.3) is 10.9 Å². The molecule has 0 radical (unpaired) electrons. The van der Waals surface area contributed by atoms with Crippen molar-refractivity contribution in [2.45, 2.75) is 179 Å². The average molecular weight is 1790 g/mol. The van der Waals surface area contributed by atoms with Gasteiger partial charge in [-0.3, -0.25) is 76.7 Å². The molecule has 1 aromatic heterocycles. The Bertz CT molecular complexity index is 5020. The summed E-state index contributed by atoms with van der Waals surface area (Å²) in [5, 5.41) is 38.2. The van der Waals surface area contributed by atoms with Gasteiger partial charge >= 0.3 is 0 Å². The summed E-state index contributed by atoms with van der Waals surface area (Å²) < 4.78 is 5.16. The lowest BCUT2D eigenvalue weighted by atomic mass is 9.84. The molecule has 12 amide bonds. The standard InChI is InChI=1S/C96H121N13O19S/c1-11-12-31-80-95(126)105(6)53-70(113)50-67(55-128-58-110)84(115)52-72(60(4)5)92(123)108(9)81(48-62-25-18-14-19-26-62)91(122)103-77(47-65-34-38-69(112)39-35-65)93(124)106(7)54-86(117)99-76(51-66-29-22-30-73-71(66)42-43-98-73)90(121)102-75(45-64-32-36-68(111)37-33-64)89(120)101-74(44-59(2)3)88(119)104-79(83(114)40-41-85(97)116)56-129-57-87(118)100-78(46-61-23-16-13-17-24-61)94(125)109(10)82(96(127)107(80)8)49-63-27-20-15-21-28-63/h13-30,32-39,42-43,58-60,67,72,74-82,98,111-112H,11-12,31,40-41,44-57H2,1-10H3,(H2,97,116)(H,99,117)(H,100,118)(H,101,120)(H,102,121)(H,103,122)(H,104,119)/t67-,72-,74-,75-,76-,77-,78-,79-,80-,81-,82-/m0/s1. The summed E-state index contributed by atoms with van der Waals surface area (Å²) in [6, 6.07) is 31.7. The van der Waals surface area contributed by atoms with E-state index in [1.807, 2.05) is 6.92 Å². The molecule has 11 N–H and O–H groups in total. The van der Waals surface area contributed by atoms with Crippen LogP contribution in [0.1, 0.15) is 119 Å². The van der Waals surface area contributed by atoms with Gasteiger partial charge in [0.15, 0.2) is 11.6 Å². The fraction of sp³-hybridized carbons (Fsp3) is 0.438. The van der Waals surface area contributed by atoms with Crippen LogP contribution >= 0.6 is 11.8 Å². The first-order chi connectivity index (χ1) is 61.5.